The van der Waals surface area contributed by atoms with E-state index in [4.69, 9.17) is 0 Å². The van der Waals surface area contributed by atoms with E-state index in [9.17, 15) is 0 Å². The summed E-state index contributed by atoms with van der Waals surface area (Å²) in [6.45, 7) is 6.35. The van der Waals surface area contributed by atoms with E-state index < -0.39 is 0 Å². The molecule has 0 bridgehead atoms. The van der Waals surface area contributed by atoms with Crippen LogP contribution < -0.4 is 15.5 Å². The number of benzene rings is 2. The minimum Gasteiger partial charge on any atom is -0.378 e. The van der Waals surface area contributed by atoms with E-state index >= 15 is 0 Å². The highest BCUT2D eigenvalue weighted by molar-refractivity contribution is 5.62. The lowest BCUT2D eigenvalue weighted by atomic mass is 10.0. The summed E-state index contributed by atoms with van der Waals surface area (Å²) >= 11 is 0. The Kier molecular flexibility index (Phi) is 5.60. The minimum atomic E-state index is 0.523. The van der Waals surface area contributed by atoms with Gasteiger partial charge in [-0.05, 0) is 54.8 Å². The van der Waals surface area contributed by atoms with Gasteiger partial charge in [-0.15, -0.1) is 0 Å². The molecule has 0 aliphatic heterocycles. The predicted octanol–water partition coefficient (Wildman–Crippen LogP) is 5.46. The van der Waals surface area contributed by atoms with Crippen molar-refractivity contribution in [2.75, 3.05) is 29.6 Å². The first kappa shape index (κ1) is 18.7. The van der Waals surface area contributed by atoms with Crippen molar-refractivity contribution in [2.45, 2.75) is 26.7 Å². The third-order valence-electron chi connectivity index (χ3n) is 4.34. The molecule has 0 atom stereocenters. The van der Waals surface area contributed by atoms with E-state index in [-0.39, 0.29) is 0 Å². The summed E-state index contributed by atoms with van der Waals surface area (Å²) in [7, 11) is 4.05. The second-order valence-corrected chi connectivity index (χ2v) is 7.19. The summed E-state index contributed by atoms with van der Waals surface area (Å²) in [5.74, 6) is 1.87. The van der Waals surface area contributed by atoms with E-state index in [1.807, 2.05) is 39.2 Å². The largest absolute Gasteiger partial charge is 0.378 e. The number of nitrogens with one attached hydrogen (secondary N) is 2. The van der Waals surface area contributed by atoms with Crippen molar-refractivity contribution in [3.63, 3.8) is 0 Å². The fraction of sp³-hybridized carbons (Fsp3) is 0.273. The average Bonchev–Trinajstić information content (AvgIpc) is 2.62. The van der Waals surface area contributed by atoms with E-state index in [0.29, 0.717) is 11.9 Å². The van der Waals surface area contributed by atoms with Gasteiger partial charge in [0.05, 0.1) is 0 Å². The molecule has 1 heterocycles. The Hall–Kier alpha value is -3.08. The van der Waals surface area contributed by atoms with Gasteiger partial charge < -0.3 is 15.5 Å². The summed E-state index contributed by atoms with van der Waals surface area (Å²) in [5.41, 5.74) is 5.34. The SMILES string of the molecule is Cc1cc(Nc2ccc(C(C)C)cc2)nc(Nc2ccc(N(C)C)cc2)n1. The summed E-state index contributed by atoms with van der Waals surface area (Å²) in [4.78, 5) is 11.2. The predicted molar refractivity (Wildman–Crippen MR) is 115 cm³/mol. The van der Waals surface area contributed by atoms with Gasteiger partial charge in [0.2, 0.25) is 5.95 Å². The number of hydrogen-bond acceptors (Lipinski definition) is 5. The number of hydrogen-bond donors (Lipinski definition) is 2. The third-order valence-corrected chi connectivity index (χ3v) is 4.34. The molecule has 0 unspecified atom stereocenters. The molecule has 5 nitrogen and oxygen atoms in total. The molecule has 0 aliphatic rings. The van der Waals surface area contributed by atoms with Gasteiger partial charge in [0.1, 0.15) is 5.82 Å². The van der Waals surface area contributed by atoms with Gasteiger partial charge in [-0.25, -0.2) is 4.98 Å². The smallest absolute Gasteiger partial charge is 0.229 e. The molecule has 0 radical (unpaired) electrons. The van der Waals surface area contributed by atoms with Crippen LogP contribution in [0.15, 0.2) is 54.6 Å². The van der Waals surface area contributed by atoms with Gasteiger partial charge in [0.25, 0.3) is 0 Å². The molecule has 0 saturated heterocycles. The molecule has 3 rings (SSSR count). The van der Waals surface area contributed by atoms with Crippen LogP contribution in [-0.2, 0) is 0 Å². The fourth-order valence-corrected chi connectivity index (χ4v) is 2.76. The van der Waals surface area contributed by atoms with Crippen LogP contribution in [0.5, 0.6) is 0 Å². The average molecular weight is 361 g/mol. The van der Waals surface area contributed by atoms with Crippen LogP contribution in [-0.4, -0.2) is 24.1 Å². The van der Waals surface area contributed by atoms with Crippen LogP contribution in [0, 0.1) is 6.92 Å². The van der Waals surface area contributed by atoms with Gasteiger partial charge >= 0.3 is 0 Å². The summed E-state index contributed by atoms with van der Waals surface area (Å²) in [5, 5.41) is 6.64. The first-order chi connectivity index (χ1) is 12.9. The molecular weight excluding hydrogens is 334 g/mol. The monoisotopic (exact) mass is 361 g/mol. The van der Waals surface area contributed by atoms with Crippen molar-refractivity contribution < 1.29 is 0 Å². The molecule has 27 heavy (non-hydrogen) atoms. The normalized spacial score (nSPS) is 10.7. The van der Waals surface area contributed by atoms with Crippen molar-refractivity contribution in [1.29, 1.82) is 0 Å². The summed E-state index contributed by atoms with van der Waals surface area (Å²) < 4.78 is 0. The molecule has 0 fully saturated rings. The molecule has 0 saturated carbocycles. The first-order valence-electron chi connectivity index (χ1n) is 9.18. The van der Waals surface area contributed by atoms with Crippen molar-refractivity contribution in [3.05, 3.63) is 65.9 Å². The minimum absolute atomic E-state index is 0.523. The number of anilines is 5. The first-order valence-corrected chi connectivity index (χ1v) is 9.18. The van der Waals surface area contributed by atoms with Crippen LogP contribution in [0.25, 0.3) is 0 Å². The molecule has 140 valence electrons. The van der Waals surface area contributed by atoms with Gasteiger partial charge in [-0.2, -0.15) is 4.98 Å². The second kappa shape index (κ2) is 8.08. The number of aromatic nitrogens is 2. The Morgan fingerprint density at radius 1 is 0.815 bits per heavy atom. The van der Waals surface area contributed by atoms with Crippen LogP contribution in [0.3, 0.4) is 0 Å². The molecule has 0 spiro atoms. The molecule has 0 amide bonds. The lowest BCUT2D eigenvalue weighted by molar-refractivity contribution is 0.867. The number of aryl methyl sites for hydroxylation is 1. The van der Waals surface area contributed by atoms with Crippen LogP contribution in [0.2, 0.25) is 0 Å². The quantitative estimate of drug-likeness (QED) is 0.610. The summed E-state index contributed by atoms with van der Waals surface area (Å²) in [6.07, 6.45) is 0. The Balaban J connectivity index is 1.75. The highest BCUT2D eigenvalue weighted by Gasteiger charge is 2.05. The van der Waals surface area contributed by atoms with E-state index in [2.05, 4.69) is 75.7 Å². The zero-order chi connectivity index (χ0) is 19.4. The van der Waals surface area contributed by atoms with Gasteiger partial charge in [0, 0.05) is 42.9 Å². The molecule has 2 N–H and O–H groups in total. The van der Waals surface area contributed by atoms with Crippen molar-refractivity contribution >= 4 is 28.8 Å². The lowest BCUT2D eigenvalue weighted by Crippen LogP contribution is -2.08. The highest BCUT2D eigenvalue weighted by Crippen LogP contribution is 2.22. The lowest BCUT2D eigenvalue weighted by Gasteiger charge is -2.14. The van der Waals surface area contributed by atoms with Crippen molar-refractivity contribution in [1.82, 2.24) is 9.97 Å². The van der Waals surface area contributed by atoms with Crippen molar-refractivity contribution in [2.24, 2.45) is 0 Å². The third kappa shape index (κ3) is 4.97. The summed E-state index contributed by atoms with van der Waals surface area (Å²) in [6, 6.07) is 18.6. The number of nitrogens with zero attached hydrogens (tertiary/aromatic N) is 3. The Morgan fingerprint density at radius 3 is 2.00 bits per heavy atom. The Morgan fingerprint density at radius 2 is 1.41 bits per heavy atom. The Bertz CT molecular complexity index is 812. The van der Waals surface area contributed by atoms with Gasteiger partial charge in [-0.3, -0.25) is 0 Å². The molecular formula is C22H27N5. The maximum absolute atomic E-state index is 4.60. The molecule has 3 aromatic rings. The molecule has 0 aliphatic carbocycles. The van der Waals surface area contributed by atoms with Crippen LogP contribution in [0.4, 0.5) is 28.8 Å². The topological polar surface area (TPSA) is 53.1 Å². The Labute approximate surface area is 161 Å². The second-order valence-electron chi connectivity index (χ2n) is 7.19. The van der Waals surface area contributed by atoms with E-state index in [0.717, 1.165) is 28.6 Å². The maximum Gasteiger partial charge on any atom is 0.229 e. The van der Waals surface area contributed by atoms with E-state index in [1.165, 1.54) is 5.56 Å². The van der Waals surface area contributed by atoms with Crippen molar-refractivity contribution in [3.8, 4) is 0 Å². The van der Waals surface area contributed by atoms with E-state index in [1.54, 1.807) is 0 Å². The van der Waals surface area contributed by atoms with Crippen LogP contribution >= 0.6 is 0 Å². The highest BCUT2D eigenvalue weighted by atomic mass is 15.1. The molecule has 5 heteroatoms. The molecule has 1 aromatic heterocycles. The standard InChI is InChI=1S/C22H27N5/c1-15(2)17-6-8-18(9-7-17)24-21-14-16(3)23-22(26-21)25-19-10-12-20(13-11-19)27(4)5/h6-15H,1-5H3,(H2,23,24,25,26). The maximum atomic E-state index is 4.60. The zero-order valence-electron chi connectivity index (χ0n) is 16.6. The fourth-order valence-electron chi connectivity index (χ4n) is 2.76. The van der Waals surface area contributed by atoms with Crippen LogP contribution in [0.1, 0.15) is 31.0 Å². The van der Waals surface area contributed by atoms with Gasteiger partial charge in [0.15, 0.2) is 0 Å². The molecule has 2 aromatic carbocycles. The number of rotatable bonds is 6. The zero-order valence-corrected chi connectivity index (χ0v) is 16.6. The van der Waals surface area contributed by atoms with Gasteiger partial charge in [-0.1, -0.05) is 26.0 Å².